The molecular weight excluding hydrogens is 341 g/mol. The Hall–Kier alpha value is -2.95. The Labute approximate surface area is 151 Å². The van der Waals surface area contributed by atoms with Crippen molar-refractivity contribution in [2.75, 3.05) is 7.11 Å². The summed E-state index contributed by atoms with van der Waals surface area (Å²) in [6, 6.07) is 5.62. The lowest BCUT2D eigenvalue weighted by atomic mass is 10.0. The lowest BCUT2D eigenvalue weighted by molar-refractivity contribution is -0.145. The van der Waals surface area contributed by atoms with Crippen LogP contribution in [-0.4, -0.2) is 37.0 Å². The normalized spacial score (nSPS) is 13.7. The highest BCUT2D eigenvalue weighted by Crippen LogP contribution is 2.10. The Bertz CT molecular complexity index is 702. The first kappa shape index (κ1) is 21.1. The van der Waals surface area contributed by atoms with Gasteiger partial charge in [-0.1, -0.05) is 12.1 Å². The Morgan fingerprint density at radius 3 is 2.50 bits per heavy atom. The molecule has 1 rings (SSSR count). The van der Waals surface area contributed by atoms with Gasteiger partial charge >= 0.3 is 5.97 Å². The van der Waals surface area contributed by atoms with Gasteiger partial charge in [0.1, 0.15) is 17.9 Å². The number of nitrogens with one attached hydrogen (secondary N) is 2. The maximum absolute atomic E-state index is 13.3. The van der Waals surface area contributed by atoms with Gasteiger partial charge in [0.15, 0.2) is 0 Å². The molecule has 0 saturated carbocycles. The van der Waals surface area contributed by atoms with Gasteiger partial charge < -0.3 is 15.4 Å². The van der Waals surface area contributed by atoms with Crippen molar-refractivity contribution in [3.8, 4) is 6.07 Å². The van der Waals surface area contributed by atoms with Crippen molar-refractivity contribution in [3.63, 3.8) is 0 Å². The summed E-state index contributed by atoms with van der Waals surface area (Å²) in [5.74, 6) is -2.69. The van der Waals surface area contributed by atoms with Gasteiger partial charge in [0.05, 0.1) is 13.2 Å². The minimum atomic E-state index is -1.02. The number of rotatable bonds is 8. The monoisotopic (exact) mass is 363 g/mol. The fourth-order valence-electron chi connectivity index (χ4n) is 2.39. The molecular formula is C18H22FN3O4. The van der Waals surface area contributed by atoms with Crippen LogP contribution in [0.2, 0.25) is 0 Å². The number of benzene rings is 1. The number of methoxy groups -OCH3 is 1. The fraction of sp³-hybridized carbons (Fsp3) is 0.444. The molecule has 0 saturated heterocycles. The third-order valence-electron chi connectivity index (χ3n) is 3.63. The summed E-state index contributed by atoms with van der Waals surface area (Å²) in [7, 11) is 1.18. The van der Waals surface area contributed by atoms with E-state index in [9.17, 15) is 18.8 Å². The summed E-state index contributed by atoms with van der Waals surface area (Å²) >= 11 is 0. The third-order valence-corrected chi connectivity index (χ3v) is 3.63. The highest BCUT2D eigenvalue weighted by atomic mass is 19.1. The summed E-state index contributed by atoms with van der Waals surface area (Å²) < 4.78 is 18.0. The van der Waals surface area contributed by atoms with E-state index < -0.39 is 41.6 Å². The number of amides is 2. The molecule has 0 spiro atoms. The molecule has 0 bridgehead atoms. The molecule has 2 N–H and O–H groups in total. The van der Waals surface area contributed by atoms with Crippen molar-refractivity contribution in [2.24, 2.45) is 5.92 Å². The first-order chi connectivity index (χ1) is 12.3. The standard InChI is InChI=1S/C18H22FN3O4/c1-11(10-20)7-16(18(25)26-3)22-17(24)15(21-12(2)23)9-13-5-4-6-14(19)8-13/h4-6,8,11,15-16H,7,9H2,1-3H3,(H,21,23)(H,22,24)/t11-,15+,16+/m0/s1. The molecule has 2 amide bonds. The first-order valence-electron chi connectivity index (χ1n) is 8.06. The van der Waals surface area contributed by atoms with Crippen molar-refractivity contribution in [1.29, 1.82) is 5.26 Å². The summed E-state index contributed by atoms with van der Waals surface area (Å²) in [5.41, 5.74) is 0.513. The SMILES string of the molecule is COC(=O)[C@@H](C[C@H](C)C#N)NC(=O)[C@@H](Cc1cccc(F)c1)NC(C)=O. The van der Waals surface area contributed by atoms with Gasteiger partial charge in [0.25, 0.3) is 0 Å². The number of carbonyl (C=O) groups is 3. The predicted molar refractivity (Wildman–Crippen MR) is 91.0 cm³/mol. The Morgan fingerprint density at radius 2 is 1.96 bits per heavy atom. The van der Waals surface area contributed by atoms with Gasteiger partial charge in [-0.15, -0.1) is 0 Å². The van der Waals surface area contributed by atoms with Crippen LogP contribution in [0.4, 0.5) is 4.39 Å². The van der Waals surface area contributed by atoms with Crippen LogP contribution in [-0.2, 0) is 25.5 Å². The van der Waals surface area contributed by atoms with E-state index in [-0.39, 0.29) is 12.8 Å². The van der Waals surface area contributed by atoms with Crippen molar-refractivity contribution >= 4 is 17.8 Å². The van der Waals surface area contributed by atoms with Gasteiger partial charge in [-0.05, 0) is 31.0 Å². The second-order valence-corrected chi connectivity index (χ2v) is 5.94. The van der Waals surface area contributed by atoms with E-state index in [0.29, 0.717) is 5.56 Å². The molecule has 0 aliphatic rings. The average Bonchev–Trinajstić information content (AvgIpc) is 2.59. The number of ether oxygens (including phenoxy) is 1. The number of nitrogens with zero attached hydrogens (tertiary/aromatic N) is 1. The molecule has 1 aromatic rings. The zero-order chi connectivity index (χ0) is 19.7. The molecule has 0 aromatic heterocycles. The van der Waals surface area contributed by atoms with Crippen molar-refractivity contribution in [1.82, 2.24) is 10.6 Å². The predicted octanol–water partition coefficient (Wildman–Crippen LogP) is 1.08. The van der Waals surface area contributed by atoms with E-state index in [0.717, 1.165) is 0 Å². The second-order valence-electron chi connectivity index (χ2n) is 5.94. The van der Waals surface area contributed by atoms with Gasteiger partial charge in [-0.25, -0.2) is 9.18 Å². The van der Waals surface area contributed by atoms with Crippen LogP contribution < -0.4 is 10.6 Å². The van der Waals surface area contributed by atoms with E-state index in [1.165, 1.54) is 32.2 Å². The minimum absolute atomic E-state index is 0.0465. The maximum Gasteiger partial charge on any atom is 0.328 e. The van der Waals surface area contributed by atoms with Crippen molar-refractivity contribution < 1.29 is 23.5 Å². The minimum Gasteiger partial charge on any atom is -0.467 e. The molecule has 7 nitrogen and oxygen atoms in total. The van der Waals surface area contributed by atoms with Crippen molar-refractivity contribution in [2.45, 2.75) is 38.8 Å². The maximum atomic E-state index is 13.3. The van der Waals surface area contributed by atoms with Gasteiger partial charge in [-0.2, -0.15) is 5.26 Å². The number of halogens is 1. The van der Waals surface area contributed by atoms with E-state index in [4.69, 9.17) is 5.26 Å². The lowest BCUT2D eigenvalue weighted by Gasteiger charge is -2.22. The van der Waals surface area contributed by atoms with Crippen LogP contribution in [0.5, 0.6) is 0 Å². The topological polar surface area (TPSA) is 108 Å². The molecule has 3 atom stereocenters. The second kappa shape index (κ2) is 10.1. The molecule has 0 aliphatic carbocycles. The number of esters is 1. The Kier molecular flexibility index (Phi) is 8.22. The number of nitriles is 1. The Balaban J connectivity index is 2.93. The van der Waals surface area contributed by atoms with Gasteiger partial charge in [-0.3, -0.25) is 9.59 Å². The molecule has 0 unspecified atom stereocenters. The molecule has 0 heterocycles. The molecule has 8 heteroatoms. The summed E-state index contributed by atoms with van der Waals surface area (Å²) in [4.78, 5) is 35.8. The van der Waals surface area contributed by atoms with E-state index >= 15 is 0 Å². The van der Waals surface area contributed by atoms with E-state index in [1.807, 2.05) is 6.07 Å². The Morgan fingerprint density at radius 1 is 1.27 bits per heavy atom. The molecule has 1 aromatic carbocycles. The summed E-state index contributed by atoms with van der Waals surface area (Å²) in [6.45, 7) is 2.86. The molecule has 0 aliphatic heterocycles. The van der Waals surface area contributed by atoms with Crippen LogP contribution in [0.3, 0.4) is 0 Å². The lowest BCUT2D eigenvalue weighted by Crippen LogP contribution is -2.52. The molecule has 0 radical (unpaired) electrons. The smallest absolute Gasteiger partial charge is 0.328 e. The van der Waals surface area contributed by atoms with Crippen LogP contribution in [0.15, 0.2) is 24.3 Å². The highest BCUT2D eigenvalue weighted by molar-refractivity contribution is 5.90. The zero-order valence-electron chi connectivity index (χ0n) is 14.9. The van der Waals surface area contributed by atoms with Gasteiger partial charge in [0, 0.05) is 19.3 Å². The zero-order valence-corrected chi connectivity index (χ0v) is 14.9. The van der Waals surface area contributed by atoms with Crippen LogP contribution in [0, 0.1) is 23.1 Å². The largest absolute Gasteiger partial charge is 0.467 e. The average molecular weight is 363 g/mol. The fourth-order valence-corrected chi connectivity index (χ4v) is 2.39. The number of hydrogen-bond donors (Lipinski definition) is 2. The highest BCUT2D eigenvalue weighted by Gasteiger charge is 2.28. The van der Waals surface area contributed by atoms with Crippen molar-refractivity contribution in [3.05, 3.63) is 35.6 Å². The molecule has 140 valence electrons. The molecule has 0 fully saturated rings. The quantitative estimate of drug-likeness (QED) is 0.672. The molecule has 26 heavy (non-hydrogen) atoms. The van der Waals surface area contributed by atoms with E-state index in [1.54, 1.807) is 13.0 Å². The van der Waals surface area contributed by atoms with E-state index in [2.05, 4.69) is 15.4 Å². The first-order valence-corrected chi connectivity index (χ1v) is 8.06. The van der Waals surface area contributed by atoms with Gasteiger partial charge in [0.2, 0.25) is 11.8 Å². The summed E-state index contributed by atoms with van der Waals surface area (Å²) in [5, 5.41) is 13.9. The summed E-state index contributed by atoms with van der Waals surface area (Å²) in [6.07, 6.45) is 0.118. The number of carbonyl (C=O) groups excluding carboxylic acids is 3. The van der Waals surface area contributed by atoms with Crippen LogP contribution in [0.1, 0.15) is 25.8 Å². The van der Waals surface area contributed by atoms with Crippen LogP contribution in [0.25, 0.3) is 0 Å². The number of hydrogen-bond acceptors (Lipinski definition) is 5. The third kappa shape index (κ3) is 6.89. The van der Waals surface area contributed by atoms with Crippen LogP contribution >= 0.6 is 0 Å².